The number of pyridine rings is 1. The summed E-state index contributed by atoms with van der Waals surface area (Å²) in [6.07, 6.45) is 8.12. The zero-order chi connectivity index (χ0) is 29.7. The Morgan fingerprint density at radius 1 is 0.773 bits per heavy atom. The van der Waals surface area contributed by atoms with Crippen molar-refractivity contribution >= 4 is 27.8 Å². The maximum absolute atomic E-state index is 13.6. The van der Waals surface area contributed by atoms with E-state index in [1.54, 1.807) is 0 Å². The fraction of sp³-hybridized carbons (Fsp3) is 0.395. The number of hydrogen-bond acceptors (Lipinski definition) is 4. The molecule has 0 N–H and O–H groups in total. The number of fused-ring (bicyclic) bond motifs is 4. The molecule has 5 aromatic rings. The molecule has 3 fully saturated rings. The first kappa shape index (κ1) is 27.5. The van der Waals surface area contributed by atoms with Crippen molar-refractivity contribution in [2.75, 3.05) is 19.6 Å². The first-order chi connectivity index (χ1) is 21.6. The van der Waals surface area contributed by atoms with Crippen molar-refractivity contribution in [3.63, 3.8) is 0 Å². The second-order valence-electron chi connectivity index (χ2n) is 13.3. The maximum Gasteiger partial charge on any atom is 0.272 e. The molecule has 6 heteroatoms. The van der Waals surface area contributed by atoms with Crippen molar-refractivity contribution in [2.24, 2.45) is 0 Å². The highest BCUT2D eigenvalue weighted by atomic mass is 16.2. The molecule has 6 nitrogen and oxygen atoms in total. The molecule has 3 aromatic carbocycles. The molecule has 3 atom stereocenters. The van der Waals surface area contributed by atoms with E-state index in [9.17, 15) is 4.79 Å². The summed E-state index contributed by atoms with van der Waals surface area (Å²) in [5.74, 6) is 1.20. The number of hydrogen-bond donors (Lipinski definition) is 0. The van der Waals surface area contributed by atoms with E-state index in [2.05, 4.69) is 71.0 Å². The zero-order valence-corrected chi connectivity index (χ0v) is 25.6. The molecule has 5 heterocycles. The van der Waals surface area contributed by atoms with Gasteiger partial charge in [-0.25, -0.2) is 9.97 Å². The average molecular weight is 584 g/mol. The van der Waals surface area contributed by atoms with Crippen LogP contribution in [0.5, 0.6) is 0 Å². The summed E-state index contributed by atoms with van der Waals surface area (Å²) < 4.78 is 2.53. The van der Waals surface area contributed by atoms with Crippen molar-refractivity contribution in [3.05, 3.63) is 108 Å². The van der Waals surface area contributed by atoms with Crippen LogP contribution in [0.2, 0.25) is 0 Å². The highest BCUT2D eigenvalue weighted by molar-refractivity contribution is 5.95. The third-order valence-electron chi connectivity index (χ3n) is 11.1. The van der Waals surface area contributed by atoms with Gasteiger partial charge in [0.2, 0.25) is 0 Å². The topological polar surface area (TPSA) is 54.3 Å². The van der Waals surface area contributed by atoms with E-state index >= 15 is 0 Å². The van der Waals surface area contributed by atoms with Crippen molar-refractivity contribution in [1.29, 1.82) is 0 Å². The van der Waals surface area contributed by atoms with Gasteiger partial charge in [-0.3, -0.25) is 9.69 Å². The van der Waals surface area contributed by atoms with Gasteiger partial charge in [-0.05, 0) is 93.7 Å². The Morgan fingerprint density at radius 3 is 2.23 bits per heavy atom. The summed E-state index contributed by atoms with van der Waals surface area (Å²) in [7, 11) is 0. The van der Waals surface area contributed by atoms with Gasteiger partial charge in [0.05, 0.1) is 16.6 Å². The van der Waals surface area contributed by atoms with Crippen LogP contribution >= 0.6 is 0 Å². The minimum absolute atomic E-state index is 0.0554. The molecule has 2 bridgehead atoms. The van der Waals surface area contributed by atoms with E-state index in [4.69, 9.17) is 9.97 Å². The fourth-order valence-corrected chi connectivity index (χ4v) is 8.75. The molecule has 1 amide bonds. The molecule has 0 unspecified atom stereocenters. The van der Waals surface area contributed by atoms with Crippen molar-refractivity contribution < 1.29 is 4.79 Å². The number of imidazole rings is 1. The van der Waals surface area contributed by atoms with E-state index in [1.165, 1.54) is 36.8 Å². The molecule has 3 aliphatic heterocycles. The Morgan fingerprint density at radius 2 is 1.45 bits per heavy atom. The molecule has 0 spiro atoms. The lowest BCUT2D eigenvalue weighted by Crippen LogP contribution is -2.49. The Hall–Kier alpha value is -4.03. The normalized spacial score (nSPS) is 23.4. The van der Waals surface area contributed by atoms with E-state index < -0.39 is 0 Å². The molecule has 0 radical (unpaired) electrons. The lowest BCUT2D eigenvalue weighted by Gasteiger charge is -2.45. The predicted molar refractivity (Wildman–Crippen MR) is 176 cm³/mol. The molecule has 224 valence electrons. The summed E-state index contributed by atoms with van der Waals surface area (Å²) in [5.41, 5.74) is 5.35. The fourth-order valence-electron chi connectivity index (χ4n) is 8.75. The molecule has 3 aliphatic rings. The average Bonchev–Trinajstić information content (AvgIpc) is 3.54. The van der Waals surface area contributed by atoms with Gasteiger partial charge in [0.15, 0.2) is 0 Å². The summed E-state index contributed by atoms with van der Waals surface area (Å²) in [5, 5.41) is 1.07. The number of para-hydroxylation sites is 3. The van der Waals surface area contributed by atoms with Crippen molar-refractivity contribution in [2.45, 2.75) is 75.4 Å². The molecule has 44 heavy (non-hydrogen) atoms. The molecule has 0 saturated carbocycles. The van der Waals surface area contributed by atoms with Gasteiger partial charge in [0, 0.05) is 36.6 Å². The minimum atomic E-state index is 0.0554. The maximum atomic E-state index is 13.6. The Bertz CT molecular complexity index is 1790. The van der Waals surface area contributed by atoms with Crippen LogP contribution in [0.4, 0.5) is 0 Å². The highest BCUT2D eigenvalue weighted by Gasteiger charge is 2.44. The first-order valence-corrected chi connectivity index (χ1v) is 16.5. The molecule has 0 aliphatic carbocycles. The van der Waals surface area contributed by atoms with Crippen LogP contribution in [0, 0.1) is 6.92 Å². The third-order valence-corrected chi connectivity index (χ3v) is 11.1. The number of aromatic nitrogens is 3. The second kappa shape index (κ2) is 11.2. The molecular weight excluding hydrogens is 542 g/mol. The number of aryl methyl sites for hydroxylation is 1. The van der Waals surface area contributed by atoms with Crippen LogP contribution in [0.1, 0.15) is 72.9 Å². The zero-order valence-electron chi connectivity index (χ0n) is 25.6. The lowest BCUT2D eigenvalue weighted by molar-refractivity contribution is 0.0602. The molecule has 8 rings (SSSR count). The standard InChI is InChI=1S/C38H41N5O/c1-27-39-34-13-7-8-14-36(34)43(27)32-25-30-16-17-31(26-32)42(30)24-21-38(29-10-3-2-4-11-29)19-22-41(23-20-38)37(44)35-18-15-28-9-5-6-12-33(28)40-35/h2-15,18,30-32H,16-17,19-26H2,1H3/t30-,31+,32+. The van der Waals surface area contributed by atoms with E-state index in [1.807, 2.05) is 41.3 Å². The number of rotatable bonds is 6. The van der Waals surface area contributed by atoms with Gasteiger partial charge in [-0.15, -0.1) is 0 Å². The summed E-state index contributed by atoms with van der Waals surface area (Å²) in [6.45, 7) is 4.83. The van der Waals surface area contributed by atoms with Crippen LogP contribution in [-0.4, -0.2) is 62.0 Å². The lowest BCUT2D eigenvalue weighted by atomic mass is 9.70. The van der Waals surface area contributed by atoms with E-state index in [0.29, 0.717) is 23.8 Å². The molecule has 3 saturated heterocycles. The van der Waals surface area contributed by atoms with Crippen LogP contribution < -0.4 is 0 Å². The first-order valence-electron chi connectivity index (χ1n) is 16.5. The monoisotopic (exact) mass is 583 g/mol. The summed E-state index contributed by atoms with van der Waals surface area (Å²) in [6, 6.07) is 33.4. The Balaban J connectivity index is 0.979. The van der Waals surface area contributed by atoms with Crippen LogP contribution in [0.15, 0.2) is 91.0 Å². The van der Waals surface area contributed by atoms with Crippen molar-refractivity contribution in [1.82, 2.24) is 24.3 Å². The Kier molecular flexibility index (Phi) is 6.98. The largest absolute Gasteiger partial charge is 0.337 e. The van der Waals surface area contributed by atoms with Gasteiger partial charge in [0.25, 0.3) is 5.91 Å². The predicted octanol–water partition coefficient (Wildman–Crippen LogP) is 7.33. The third kappa shape index (κ3) is 4.80. The number of carbonyl (C=O) groups is 1. The van der Waals surface area contributed by atoms with Crippen LogP contribution in [-0.2, 0) is 5.41 Å². The van der Waals surface area contributed by atoms with Gasteiger partial charge in [-0.2, -0.15) is 0 Å². The number of nitrogens with zero attached hydrogens (tertiary/aromatic N) is 5. The van der Waals surface area contributed by atoms with E-state index in [0.717, 1.165) is 61.1 Å². The number of amides is 1. The Labute approximate surface area is 259 Å². The highest BCUT2D eigenvalue weighted by Crippen LogP contribution is 2.45. The molecule has 2 aromatic heterocycles. The second-order valence-corrected chi connectivity index (χ2v) is 13.3. The SMILES string of the molecule is Cc1nc2ccccc2n1[C@H]1C[C@H]2CC[C@@H](C1)N2CCC1(c2ccccc2)CCN(C(=O)c2ccc3ccccc3n2)CC1. The smallest absolute Gasteiger partial charge is 0.272 e. The van der Waals surface area contributed by atoms with Gasteiger partial charge in [-0.1, -0.05) is 66.7 Å². The summed E-state index contributed by atoms with van der Waals surface area (Å²) in [4.78, 5) is 28.1. The summed E-state index contributed by atoms with van der Waals surface area (Å²) >= 11 is 0. The number of likely N-dealkylation sites (tertiary alicyclic amines) is 1. The van der Waals surface area contributed by atoms with E-state index in [-0.39, 0.29) is 11.3 Å². The molecular formula is C38H41N5O. The van der Waals surface area contributed by atoms with Gasteiger partial charge >= 0.3 is 0 Å². The van der Waals surface area contributed by atoms with Gasteiger partial charge in [0.1, 0.15) is 11.5 Å². The van der Waals surface area contributed by atoms with Crippen LogP contribution in [0.3, 0.4) is 0 Å². The number of carbonyl (C=O) groups excluding carboxylic acids is 1. The van der Waals surface area contributed by atoms with Gasteiger partial charge < -0.3 is 9.47 Å². The quantitative estimate of drug-likeness (QED) is 0.210. The number of piperidine rings is 2. The van der Waals surface area contributed by atoms with Crippen LogP contribution in [0.25, 0.3) is 21.9 Å². The minimum Gasteiger partial charge on any atom is -0.337 e. The van der Waals surface area contributed by atoms with Crippen molar-refractivity contribution in [3.8, 4) is 0 Å². The number of benzene rings is 3.